The molecule has 0 aromatic heterocycles. The van der Waals surface area contributed by atoms with Crippen molar-refractivity contribution in [3.8, 4) is 5.75 Å². The minimum atomic E-state index is -0.213. The molecule has 0 fully saturated rings. The van der Waals surface area contributed by atoms with E-state index < -0.39 is 0 Å². The van der Waals surface area contributed by atoms with Crippen LogP contribution < -0.4 is 5.73 Å². The SMILES string of the molecule is C=CC(N)c1cc(O)ccc1SC. The molecule has 2 nitrogen and oxygen atoms in total. The Bertz CT molecular complexity index is 312. The van der Waals surface area contributed by atoms with Crippen molar-refractivity contribution in [3.63, 3.8) is 0 Å². The van der Waals surface area contributed by atoms with Crippen molar-refractivity contribution < 1.29 is 5.11 Å². The highest BCUT2D eigenvalue weighted by Gasteiger charge is 2.07. The number of phenolic OH excluding ortho intramolecular Hbond substituents is 1. The van der Waals surface area contributed by atoms with Gasteiger partial charge in [-0.05, 0) is 30.0 Å². The molecule has 0 saturated heterocycles. The van der Waals surface area contributed by atoms with Crippen LogP contribution in [-0.2, 0) is 0 Å². The van der Waals surface area contributed by atoms with Gasteiger partial charge in [0.1, 0.15) is 5.75 Å². The largest absolute Gasteiger partial charge is 0.508 e. The first-order valence-corrected chi connectivity index (χ1v) is 5.16. The van der Waals surface area contributed by atoms with E-state index in [9.17, 15) is 5.11 Å². The van der Waals surface area contributed by atoms with Crippen LogP contribution in [0.2, 0.25) is 0 Å². The highest BCUT2D eigenvalue weighted by molar-refractivity contribution is 7.98. The number of hydrogen-bond acceptors (Lipinski definition) is 3. The van der Waals surface area contributed by atoms with E-state index in [4.69, 9.17) is 5.73 Å². The van der Waals surface area contributed by atoms with Gasteiger partial charge in [0.15, 0.2) is 0 Å². The molecule has 70 valence electrons. The molecular formula is C10H13NOS. The Morgan fingerprint density at radius 3 is 2.85 bits per heavy atom. The Balaban J connectivity index is 3.14. The summed E-state index contributed by atoms with van der Waals surface area (Å²) >= 11 is 1.61. The van der Waals surface area contributed by atoms with E-state index in [1.807, 2.05) is 12.3 Å². The van der Waals surface area contributed by atoms with Crippen molar-refractivity contribution in [2.45, 2.75) is 10.9 Å². The van der Waals surface area contributed by atoms with Crippen LogP contribution in [-0.4, -0.2) is 11.4 Å². The summed E-state index contributed by atoms with van der Waals surface area (Å²) in [5, 5.41) is 9.28. The number of phenols is 1. The van der Waals surface area contributed by atoms with Gasteiger partial charge in [0.05, 0.1) is 0 Å². The van der Waals surface area contributed by atoms with Gasteiger partial charge in [0.25, 0.3) is 0 Å². The van der Waals surface area contributed by atoms with Crippen molar-refractivity contribution in [3.05, 3.63) is 36.4 Å². The normalized spacial score (nSPS) is 12.5. The van der Waals surface area contributed by atoms with Crippen molar-refractivity contribution in [2.75, 3.05) is 6.26 Å². The number of rotatable bonds is 3. The summed E-state index contributed by atoms with van der Waals surface area (Å²) in [4.78, 5) is 1.07. The van der Waals surface area contributed by atoms with E-state index in [-0.39, 0.29) is 11.8 Å². The van der Waals surface area contributed by atoms with E-state index in [2.05, 4.69) is 6.58 Å². The second-order valence-corrected chi connectivity index (χ2v) is 3.54. The number of benzene rings is 1. The highest BCUT2D eigenvalue weighted by atomic mass is 32.2. The lowest BCUT2D eigenvalue weighted by Gasteiger charge is -2.11. The molecule has 0 bridgehead atoms. The predicted octanol–water partition coefficient (Wildman–Crippen LogP) is 2.30. The zero-order valence-electron chi connectivity index (χ0n) is 7.53. The number of aromatic hydroxyl groups is 1. The zero-order valence-corrected chi connectivity index (χ0v) is 8.34. The van der Waals surface area contributed by atoms with Gasteiger partial charge in [0.2, 0.25) is 0 Å². The highest BCUT2D eigenvalue weighted by Crippen LogP contribution is 2.28. The van der Waals surface area contributed by atoms with Crippen molar-refractivity contribution >= 4 is 11.8 Å². The fourth-order valence-corrected chi connectivity index (χ4v) is 1.74. The second kappa shape index (κ2) is 4.35. The third-order valence-electron chi connectivity index (χ3n) is 1.83. The van der Waals surface area contributed by atoms with Gasteiger partial charge in [-0.2, -0.15) is 0 Å². The van der Waals surface area contributed by atoms with Crippen molar-refractivity contribution in [2.24, 2.45) is 5.73 Å². The van der Waals surface area contributed by atoms with Crippen LogP contribution in [0.15, 0.2) is 35.7 Å². The van der Waals surface area contributed by atoms with Crippen LogP contribution in [0.5, 0.6) is 5.75 Å². The van der Waals surface area contributed by atoms with Crippen LogP contribution in [0.25, 0.3) is 0 Å². The van der Waals surface area contributed by atoms with E-state index >= 15 is 0 Å². The van der Waals surface area contributed by atoms with Gasteiger partial charge in [-0.3, -0.25) is 0 Å². The van der Waals surface area contributed by atoms with E-state index in [1.165, 1.54) is 0 Å². The molecule has 0 amide bonds. The predicted molar refractivity (Wildman–Crippen MR) is 57.0 cm³/mol. The summed E-state index contributed by atoms with van der Waals surface area (Å²) in [7, 11) is 0. The monoisotopic (exact) mass is 195 g/mol. The maximum atomic E-state index is 9.28. The lowest BCUT2D eigenvalue weighted by atomic mass is 10.1. The first-order valence-electron chi connectivity index (χ1n) is 3.94. The molecule has 1 rings (SSSR count). The van der Waals surface area contributed by atoms with E-state index in [0.29, 0.717) is 0 Å². The lowest BCUT2D eigenvalue weighted by Crippen LogP contribution is -2.07. The summed E-state index contributed by atoms with van der Waals surface area (Å²) < 4.78 is 0. The molecule has 0 heterocycles. The standard InChI is InChI=1S/C10H13NOS/c1-3-9(11)8-6-7(12)4-5-10(8)13-2/h3-6,9,12H,1,11H2,2H3. The fourth-order valence-electron chi connectivity index (χ4n) is 1.11. The maximum absolute atomic E-state index is 9.28. The maximum Gasteiger partial charge on any atom is 0.116 e. The summed E-state index contributed by atoms with van der Waals surface area (Å²) in [6.07, 6.45) is 3.64. The molecule has 1 aromatic carbocycles. The average Bonchev–Trinajstić information content (AvgIpc) is 2.16. The smallest absolute Gasteiger partial charge is 0.116 e. The first kappa shape index (κ1) is 10.2. The molecule has 0 radical (unpaired) electrons. The molecule has 3 heteroatoms. The lowest BCUT2D eigenvalue weighted by molar-refractivity contribution is 0.473. The van der Waals surface area contributed by atoms with Gasteiger partial charge in [-0.1, -0.05) is 6.08 Å². The molecule has 1 unspecified atom stereocenters. The molecule has 0 spiro atoms. The van der Waals surface area contributed by atoms with E-state index in [1.54, 1.807) is 30.0 Å². The molecule has 0 aliphatic heterocycles. The van der Waals surface area contributed by atoms with Crippen LogP contribution in [0.1, 0.15) is 11.6 Å². The minimum Gasteiger partial charge on any atom is -0.508 e. The Hall–Kier alpha value is -0.930. The zero-order chi connectivity index (χ0) is 9.84. The number of hydrogen-bond donors (Lipinski definition) is 2. The van der Waals surface area contributed by atoms with Gasteiger partial charge >= 0.3 is 0 Å². The topological polar surface area (TPSA) is 46.2 Å². The first-order chi connectivity index (χ1) is 6.19. The van der Waals surface area contributed by atoms with Crippen LogP contribution in [0.4, 0.5) is 0 Å². The molecule has 0 aliphatic carbocycles. The third-order valence-corrected chi connectivity index (χ3v) is 2.64. The van der Waals surface area contributed by atoms with Crippen LogP contribution in [0.3, 0.4) is 0 Å². The number of nitrogens with two attached hydrogens (primary N) is 1. The summed E-state index contributed by atoms with van der Waals surface area (Å²) in [5.74, 6) is 0.241. The van der Waals surface area contributed by atoms with Gasteiger partial charge < -0.3 is 10.8 Å². The Kier molecular flexibility index (Phi) is 3.39. The molecule has 13 heavy (non-hydrogen) atoms. The Morgan fingerprint density at radius 2 is 2.31 bits per heavy atom. The van der Waals surface area contributed by atoms with Gasteiger partial charge in [0, 0.05) is 10.9 Å². The summed E-state index contributed by atoms with van der Waals surface area (Å²) in [6, 6.07) is 4.98. The van der Waals surface area contributed by atoms with E-state index in [0.717, 1.165) is 10.5 Å². The molecule has 1 atom stereocenters. The Morgan fingerprint density at radius 1 is 1.62 bits per heavy atom. The number of thioether (sulfide) groups is 1. The molecule has 3 N–H and O–H groups in total. The minimum absolute atomic E-state index is 0.213. The fraction of sp³-hybridized carbons (Fsp3) is 0.200. The summed E-state index contributed by atoms with van der Waals surface area (Å²) in [5.41, 5.74) is 6.72. The Labute approximate surface area is 82.5 Å². The van der Waals surface area contributed by atoms with Crippen molar-refractivity contribution in [1.29, 1.82) is 0 Å². The van der Waals surface area contributed by atoms with Gasteiger partial charge in [-0.25, -0.2) is 0 Å². The average molecular weight is 195 g/mol. The van der Waals surface area contributed by atoms with Gasteiger partial charge in [-0.15, -0.1) is 18.3 Å². The van der Waals surface area contributed by atoms with Crippen LogP contribution in [0, 0.1) is 0 Å². The molecular weight excluding hydrogens is 182 g/mol. The molecule has 0 saturated carbocycles. The quantitative estimate of drug-likeness (QED) is 0.574. The molecule has 0 aliphatic rings. The van der Waals surface area contributed by atoms with Crippen LogP contribution >= 0.6 is 11.8 Å². The molecule has 1 aromatic rings. The second-order valence-electron chi connectivity index (χ2n) is 2.69. The third kappa shape index (κ3) is 2.26. The summed E-state index contributed by atoms with van der Waals surface area (Å²) in [6.45, 7) is 3.63. The van der Waals surface area contributed by atoms with Crippen molar-refractivity contribution in [1.82, 2.24) is 0 Å².